The molecule has 0 radical (unpaired) electrons. The molecule has 6 nitrogen and oxygen atoms in total. The van der Waals surface area contributed by atoms with Crippen molar-refractivity contribution >= 4 is 28.5 Å². The van der Waals surface area contributed by atoms with Crippen LogP contribution in [0.3, 0.4) is 0 Å². The number of carbonyl (C=O) groups excluding carboxylic acids is 1. The molecule has 1 aliphatic heterocycles. The molecule has 2 aliphatic rings. The zero-order valence-electron chi connectivity index (χ0n) is 13.5. The van der Waals surface area contributed by atoms with E-state index in [2.05, 4.69) is 4.99 Å². The average Bonchev–Trinajstić information content (AvgIpc) is 3.09. The predicted octanol–water partition coefficient (Wildman–Crippen LogP) is 3.61. The van der Waals surface area contributed by atoms with Gasteiger partial charge in [0.1, 0.15) is 0 Å². The highest BCUT2D eigenvalue weighted by Crippen LogP contribution is 2.28. The van der Waals surface area contributed by atoms with Crippen LogP contribution in [0.4, 0.5) is 5.69 Å². The molecule has 0 atom stereocenters. The van der Waals surface area contributed by atoms with Crippen molar-refractivity contribution in [1.82, 2.24) is 4.90 Å². The Hall–Kier alpha value is -1.89. The first kappa shape index (κ1) is 17.0. The van der Waals surface area contributed by atoms with Gasteiger partial charge in [-0.2, -0.15) is 0 Å². The van der Waals surface area contributed by atoms with E-state index >= 15 is 0 Å². The average molecular weight is 347 g/mol. The minimum Gasteiger partial charge on any atom is -0.289 e. The van der Waals surface area contributed by atoms with E-state index in [1.807, 2.05) is 4.90 Å². The number of nitro benzene ring substituents is 1. The minimum atomic E-state index is -0.400. The van der Waals surface area contributed by atoms with Crippen molar-refractivity contribution in [3.63, 3.8) is 0 Å². The number of nitrogens with zero attached hydrogens (tertiary/aromatic N) is 3. The summed E-state index contributed by atoms with van der Waals surface area (Å²) >= 11 is 1.54. The predicted molar refractivity (Wildman–Crippen MR) is 95.0 cm³/mol. The summed E-state index contributed by atoms with van der Waals surface area (Å²) in [5.74, 6) is 1.04. The Morgan fingerprint density at radius 2 is 1.96 bits per heavy atom. The first-order valence-corrected chi connectivity index (χ1v) is 9.35. The lowest BCUT2D eigenvalue weighted by Crippen LogP contribution is -2.38. The summed E-state index contributed by atoms with van der Waals surface area (Å²) in [7, 11) is 0. The third-order valence-corrected chi connectivity index (χ3v) is 5.62. The summed E-state index contributed by atoms with van der Waals surface area (Å²) in [6.07, 6.45) is 5.52. The first-order valence-electron chi connectivity index (χ1n) is 8.37. The molecule has 0 aromatic heterocycles. The molecule has 0 bridgehead atoms. The van der Waals surface area contributed by atoms with Gasteiger partial charge in [-0.05, 0) is 18.4 Å². The summed E-state index contributed by atoms with van der Waals surface area (Å²) < 4.78 is 0. The molecule has 0 unspecified atom stereocenters. The number of aliphatic imine (C=N–C) groups is 1. The summed E-state index contributed by atoms with van der Waals surface area (Å²) in [5.41, 5.74) is 1.08. The molecule has 1 aromatic carbocycles. The Morgan fingerprint density at radius 3 is 2.62 bits per heavy atom. The van der Waals surface area contributed by atoms with Gasteiger partial charge in [-0.1, -0.05) is 43.2 Å². The zero-order chi connectivity index (χ0) is 16.9. The summed E-state index contributed by atoms with van der Waals surface area (Å²) in [4.78, 5) is 29.3. The maximum Gasteiger partial charge on any atom is 0.269 e. The first-order chi connectivity index (χ1) is 11.6. The van der Waals surface area contributed by atoms with Gasteiger partial charge in [-0.25, -0.2) is 0 Å². The third-order valence-electron chi connectivity index (χ3n) is 4.54. The number of rotatable bonds is 4. The Balaban J connectivity index is 1.57. The van der Waals surface area contributed by atoms with Crippen LogP contribution in [-0.2, 0) is 10.5 Å². The molecule has 1 aromatic rings. The van der Waals surface area contributed by atoms with Crippen molar-refractivity contribution in [2.45, 2.75) is 37.9 Å². The number of thioether (sulfide) groups is 1. The van der Waals surface area contributed by atoms with Gasteiger partial charge in [0.25, 0.3) is 5.69 Å². The second kappa shape index (κ2) is 7.79. The smallest absolute Gasteiger partial charge is 0.269 e. The normalized spacial score (nSPS) is 18.5. The summed E-state index contributed by atoms with van der Waals surface area (Å²) in [6, 6.07) is 6.54. The lowest BCUT2D eigenvalue weighted by Gasteiger charge is -2.26. The van der Waals surface area contributed by atoms with Crippen LogP contribution < -0.4 is 0 Å². The Bertz CT molecular complexity index is 639. The van der Waals surface area contributed by atoms with Crippen molar-refractivity contribution < 1.29 is 9.72 Å². The number of amides is 1. The van der Waals surface area contributed by atoms with Gasteiger partial charge in [0, 0.05) is 30.3 Å². The second-order valence-electron chi connectivity index (χ2n) is 6.20. The highest BCUT2D eigenvalue weighted by Gasteiger charge is 2.30. The van der Waals surface area contributed by atoms with Gasteiger partial charge in [-0.3, -0.25) is 24.8 Å². The van der Waals surface area contributed by atoms with Gasteiger partial charge in [0.2, 0.25) is 5.91 Å². The monoisotopic (exact) mass is 347 g/mol. The zero-order valence-corrected chi connectivity index (χ0v) is 14.3. The van der Waals surface area contributed by atoms with Crippen LogP contribution in [0.5, 0.6) is 0 Å². The van der Waals surface area contributed by atoms with Gasteiger partial charge in [0.05, 0.1) is 11.5 Å². The summed E-state index contributed by atoms with van der Waals surface area (Å²) in [6.45, 7) is 1.35. The molecule has 0 spiro atoms. The van der Waals surface area contributed by atoms with Crippen LogP contribution in [-0.4, -0.2) is 34.0 Å². The lowest BCUT2D eigenvalue weighted by molar-refractivity contribution is -0.384. The highest BCUT2D eigenvalue weighted by atomic mass is 32.2. The largest absolute Gasteiger partial charge is 0.289 e. The van der Waals surface area contributed by atoms with Crippen molar-refractivity contribution in [2.75, 3.05) is 13.1 Å². The highest BCUT2D eigenvalue weighted by molar-refractivity contribution is 8.13. The van der Waals surface area contributed by atoms with Crippen LogP contribution in [0, 0.1) is 16.0 Å². The number of non-ortho nitro benzene ring substituents is 1. The standard InChI is InChI=1S/C17H21N3O3S/c21-16(14-4-2-1-3-5-14)19-11-10-18-17(19)24-12-13-6-8-15(9-7-13)20(22)23/h6-9,14H,1-5,10-12H2. The number of hydrogen-bond donors (Lipinski definition) is 0. The molecule has 0 N–H and O–H groups in total. The number of benzene rings is 1. The molecule has 3 rings (SSSR count). The van der Waals surface area contributed by atoms with Gasteiger partial charge < -0.3 is 0 Å². The maximum atomic E-state index is 12.7. The van der Waals surface area contributed by atoms with Crippen LogP contribution in [0.2, 0.25) is 0 Å². The Labute approximate surface area is 145 Å². The minimum absolute atomic E-state index is 0.0936. The lowest BCUT2D eigenvalue weighted by atomic mass is 9.88. The molecule has 1 saturated carbocycles. The van der Waals surface area contributed by atoms with Crippen molar-refractivity contribution in [2.24, 2.45) is 10.9 Å². The van der Waals surface area contributed by atoms with Crippen LogP contribution in [0.25, 0.3) is 0 Å². The van der Waals surface area contributed by atoms with Crippen LogP contribution >= 0.6 is 11.8 Å². The van der Waals surface area contributed by atoms with Crippen LogP contribution in [0.15, 0.2) is 29.3 Å². The fraction of sp³-hybridized carbons (Fsp3) is 0.529. The molecule has 128 valence electrons. The molecule has 1 fully saturated rings. The number of carbonyl (C=O) groups is 1. The van der Waals surface area contributed by atoms with Gasteiger partial charge in [-0.15, -0.1) is 0 Å². The number of amidine groups is 1. The van der Waals surface area contributed by atoms with E-state index < -0.39 is 4.92 Å². The fourth-order valence-corrected chi connectivity index (χ4v) is 4.19. The van der Waals surface area contributed by atoms with Gasteiger partial charge in [0.15, 0.2) is 5.17 Å². The summed E-state index contributed by atoms with van der Waals surface area (Å²) in [5, 5.41) is 11.5. The Morgan fingerprint density at radius 1 is 1.25 bits per heavy atom. The van der Waals surface area contributed by atoms with E-state index in [0.717, 1.165) is 36.4 Å². The number of nitro groups is 1. The van der Waals surface area contributed by atoms with E-state index in [9.17, 15) is 14.9 Å². The van der Waals surface area contributed by atoms with E-state index in [-0.39, 0.29) is 17.5 Å². The second-order valence-corrected chi connectivity index (χ2v) is 7.14. The fourth-order valence-electron chi connectivity index (χ4n) is 3.19. The van der Waals surface area contributed by atoms with Crippen molar-refractivity contribution in [3.05, 3.63) is 39.9 Å². The SMILES string of the molecule is O=C(C1CCCCC1)N1CCN=C1SCc1ccc([N+](=O)[O-])cc1. The molecule has 7 heteroatoms. The van der Waals surface area contributed by atoms with Crippen LogP contribution in [0.1, 0.15) is 37.7 Å². The van der Waals surface area contributed by atoms with E-state index in [1.54, 1.807) is 12.1 Å². The molecular formula is C17H21N3O3S. The molecule has 24 heavy (non-hydrogen) atoms. The quantitative estimate of drug-likeness (QED) is 0.616. The van der Waals surface area contributed by atoms with E-state index in [4.69, 9.17) is 0 Å². The molecular weight excluding hydrogens is 326 g/mol. The van der Waals surface area contributed by atoms with Crippen molar-refractivity contribution in [1.29, 1.82) is 0 Å². The van der Waals surface area contributed by atoms with Gasteiger partial charge >= 0.3 is 0 Å². The Kier molecular flexibility index (Phi) is 5.50. The van der Waals surface area contributed by atoms with Crippen molar-refractivity contribution in [3.8, 4) is 0 Å². The van der Waals surface area contributed by atoms with E-state index in [1.165, 1.54) is 30.3 Å². The molecule has 1 aliphatic carbocycles. The molecule has 0 saturated heterocycles. The maximum absolute atomic E-state index is 12.7. The molecule has 1 heterocycles. The number of hydrogen-bond acceptors (Lipinski definition) is 5. The third kappa shape index (κ3) is 3.95. The topological polar surface area (TPSA) is 75.8 Å². The molecule has 1 amide bonds. The van der Waals surface area contributed by atoms with E-state index in [0.29, 0.717) is 18.8 Å².